The van der Waals surface area contributed by atoms with E-state index in [2.05, 4.69) is 33.8 Å². The third-order valence-electron chi connectivity index (χ3n) is 9.06. The molecule has 3 saturated carbocycles. The highest BCUT2D eigenvalue weighted by Gasteiger charge is 2.55. The molecule has 0 spiro atoms. The van der Waals surface area contributed by atoms with E-state index in [1.165, 1.54) is 64.2 Å². The highest BCUT2D eigenvalue weighted by molar-refractivity contribution is 5.28. The molecule has 4 aliphatic carbocycles. The molecule has 0 heterocycles. The molecule has 6 atom stereocenters. The van der Waals surface area contributed by atoms with E-state index in [-0.39, 0.29) is 0 Å². The van der Waals surface area contributed by atoms with Crippen molar-refractivity contribution in [2.24, 2.45) is 34.0 Å². The molecule has 0 aromatic heterocycles. The van der Waals surface area contributed by atoms with E-state index in [1.807, 2.05) is 5.57 Å². The van der Waals surface area contributed by atoms with Gasteiger partial charge < -0.3 is 0 Å². The van der Waals surface area contributed by atoms with Gasteiger partial charge in [-0.05, 0) is 85.4 Å². The number of hydrogen-bond donors (Lipinski definition) is 0. The van der Waals surface area contributed by atoms with Gasteiger partial charge in [0, 0.05) is 0 Å². The van der Waals surface area contributed by atoms with Crippen LogP contribution in [-0.2, 0) is 0 Å². The lowest BCUT2D eigenvalue weighted by Gasteiger charge is -2.58. The normalized spacial score (nSPS) is 54.2. The van der Waals surface area contributed by atoms with E-state index >= 15 is 0 Å². The summed E-state index contributed by atoms with van der Waals surface area (Å²) in [4.78, 5) is 0. The Kier molecular flexibility index (Phi) is 3.38. The maximum atomic E-state index is 2.76. The van der Waals surface area contributed by atoms with Crippen LogP contribution in [0, 0.1) is 34.0 Å². The Bertz CT molecular complexity index is 488. The van der Waals surface area contributed by atoms with Gasteiger partial charge in [0.1, 0.15) is 0 Å². The fourth-order valence-electron chi connectivity index (χ4n) is 7.11. The molecule has 0 aliphatic heterocycles. The zero-order chi connectivity index (χ0) is 15.6. The molecule has 124 valence electrons. The van der Waals surface area contributed by atoms with Crippen molar-refractivity contribution in [3.8, 4) is 0 Å². The minimum Gasteiger partial charge on any atom is -0.0839 e. The molecule has 0 saturated heterocycles. The number of rotatable bonds is 1. The molecule has 0 aromatic carbocycles. The SMILES string of the molecule is CC[C@]1(C)CCC2(C)C3=CCC4(C)CCCC4C3CCC2C1. The molecule has 4 rings (SSSR count). The standard InChI is InChI=1S/C22H36/c1-5-20(2)13-14-22(4)16(15-20)8-9-17-18-7-6-11-21(18,3)12-10-19(17)22/h10,16-18H,5-9,11-15H2,1-4H3/t16?,17?,18?,20-,21?,22?/m1/s1. The van der Waals surface area contributed by atoms with E-state index in [1.54, 1.807) is 0 Å². The number of allylic oxidation sites excluding steroid dienone is 2. The molecule has 0 amide bonds. The van der Waals surface area contributed by atoms with Crippen molar-refractivity contribution in [1.29, 1.82) is 0 Å². The summed E-state index contributed by atoms with van der Waals surface area (Å²) in [6.45, 7) is 10.2. The van der Waals surface area contributed by atoms with Crippen LogP contribution in [0.25, 0.3) is 0 Å². The third kappa shape index (κ3) is 2.01. The second-order valence-corrected chi connectivity index (χ2v) is 10.2. The van der Waals surface area contributed by atoms with E-state index in [0.717, 1.165) is 17.8 Å². The molecule has 0 bridgehead atoms. The fourth-order valence-corrected chi connectivity index (χ4v) is 7.11. The summed E-state index contributed by atoms with van der Waals surface area (Å²) in [5.41, 5.74) is 3.78. The van der Waals surface area contributed by atoms with Crippen molar-refractivity contribution in [3.63, 3.8) is 0 Å². The van der Waals surface area contributed by atoms with Crippen LogP contribution in [-0.4, -0.2) is 0 Å². The third-order valence-corrected chi connectivity index (χ3v) is 9.06. The minimum atomic E-state index is 0.557. The Balaban J connectivity index is 1.65. The Labute approximate surface area is 138 Å². The van der Waals surface area contributed by atoms with Gasteiger partial charge in [-0.25, -0.2) is 0 Å². The van der Waals surface area contributed by atoms with Crippen molar-refractivity contribution >= 4 is 0 Å². The van der Waals surface area contributed by atoms with Crippen LogP contribution < -0.4 is 0 Å². The molecule has 0 nitrogen and oxygen atoms in total. The van der Waals surface area contributed by atoms with Crippen LogP contribution in [0.1, 0.15) is 91.9 Å². The van der Waals surface area contributed by atoms with Crippen molar-refractivity contribution in [2.45, 2.75) is 91.9 Å². The van der Waals surface area contributed by atoms with Crippen molar-refractivity contribution in [3.05, 3.63) is 11.6 Å². The molecule has 0 radical (unpaired) electrons. The smallest absolute Gasteiger partial charge is 0.00849 e. The molecule has 5 unspecified atom stereocenters. The Morgan fingerprint density at radius 3 is 2.64 bits per heavy atom. The molecule has 22 heavy (non-hydrogen) atoms. The summed E-state index contributed by atoms with van der Waals surface area (Å²) in [5, 5.41) is 0. The number of hydrogen-bond acceptors (Lipinski definition) is 0. The average Bonchev–Trinajstić information content (AvgIpc) is 2.90. The van der Waals surface area contributed by atoms with Crippen LogP contribution >= 0.6 is 0 Å². The summed E-state index contributed by atoms with van der Waals surface area (Å²) < 4.78 is 0. The molecule has 0 aromatic rings. The summed E-state index contributed by atoms with van der Waals surface area (Å²) >= 11 is 0. The van der Waals surface area contributed by atoms with Crippen LogP contribution in [0.4, 0.5) is 0 Å². The maximum Gasteiger partial charge on any atom is -0.00849 e. The minimum absolute atomic E-state index is 0.557. The first-order chi connectivity index (χ1) is 10.4. The van der Waals surface area contributed by atoms with Gasteiger partial charge in [0.25, 0.3) is 0 Å². The molecule has 4 aliphatic rings. The first-order valence-corrected chi connectivity index (χ1v) is 10.1. The average molecular weight is 301 g/mol. The lowest BCUT2D eigenvalue weighted by Crippen LogP contribution is -2.48. The summed E-state index contributed by atoms with van der Waals surface area (Å²) in [5.74, 6) is 2.94. The van der Waals surface area contributed by atoms with Gasteiger partial charge in [0.2, 0.25) is 0 Å². The van der Waals surface area contributed by atoms with E-state index < -0.39 is 0 Å². The van der Waals surface area contributed by atoms with Gasteiger partial charge in [0.05, 0.1) is 0 Å². The summed E-state index contributed by atoms with van der Waals surface area (Å²) in [7, 11) is 0. The number of fused-ring (bicyclic) bond motifs is 5. The second kappa shape index (κ2) is 4.87. The van der Waals surface area contributed by atoms with Crippen LogP contribution in [0.5, 0.6) is 0 Å². The van der Waals surface area contributed by atoms with Crippen LogP contribution in [0.2, 0.25) is 0 Å². The Morgan fingerprint density at radius 2 is 1.86 bits per heavy atom. The lowest BCUT2D eigenvalue weighted by atomic mass is 9.47. The van der Waals surface area contributed by atoms with E-state index in [4.69, 9.17) is 0 Å². The monoisotopic (exact) mass is 300 g/mol. The second-order valence-electron chi connectivity index (χ2n) is 10.2. The topological polar surface area (TPSA) is 0 Å². The van der Waals surface area contributed by atoms with Gasteiger partial charge >= 0.3 is 0 Å². The van der Waals surface area contributed by atoms with Crippen LogP contribution in [0.15, 0.2) is 11.6 Å². The summed E-state index contributed by atoms with van der Waals surface area (Å²) in [6, 6.07) is 0. The van der Waals surface area contributed by atoms with Crippen molar-refractivity contribution < 1.29 is 0 Å². The Morgan fingerprint density at radius 1 is 1.05 bits per heavy atom. The first kappa shape index (κ1) is 15.3. The van der Waals surface area contributed by atoms with Gasteiger partial charge in [-0.1, -0.05) is 52.2 Å². The molecular weight excluding hydrogens is 264 g/mol. The fraction of sp³-hybridized carbons (Fsp3) is 0.909. The van der Waals surface area contributed by atoms with Crippen molar-refractivity contribution in [2.75, 3.05) is 0 Å². The molecular formula is C22H36. The zero-order valence-corrected chi connectivity index (χ0v) is 15.4. The van der Waals surface area contributed by atoms with Gasteiger partial charge in [-0.2, -0.15) is 0 Å². The van der Waals surface area contributed by atoms with Gasteiger partial charge in [-0.3, -0.25) is 0 Å². The largest absolute Gasteiger partial charge is 0.0839 e. The van der Waals surface area contributed by atoms with Gasteiger partial charge in [-0.15, -0.1) is 0 Å². The maximum absolute atomic E-state index is 2.76. The molecule has 0 heteroatoms. The van der Waals surface area contributed by atoms with Crippen LogP contribution in [0.3, 0.4) is 0 Å². The lowest BCUT2D eigenvalue weighted by molar-refractivity contribution is -0.00357. The quantitative estimate of drug-likeness (QED) is 0.469. The van der Waals surface area contributed by atoms with Crippen molar-refractivity contribution in [1.82, 2.24) is 0 Å². The van der Waals surface area contributed by atoms with Gasteiger partial charge in [0.15, 0.2) is 0 Å². The zero-order valence-electron chi connectivity index (χ0n) is 15.4. The van der Waals surface area contributed by atoms with E-state index in [0.29, 0.717) is 16.2 Å². The first-order valence-electron chi connectivity index (χ1n) is 10.1. The summed E-state index contributed by atoms with van der Waals surface area (Å²) in [6.07, 6.45) is 17.5. The molecule has 0 N–H and O–H groups in total. The molecule has 3 fully saturated rings. The highest BCUT2D eigenvalue weighted by atomic mass is 14.6. The predicted molar refractivity (Wildman–Crippen MR) is 94.7 cm³/mol. The van der Waals surface area contributed by atoms with E-state index in [9.17, 15) is 0 Å². The Hall–Kier alpha value is -0.260. The predicted octanol–water partition coefficient (Wildman–Crippen LogP) is 6.76. The highest BCUT2D eigenvalue weighted by Crippen LogP contribution is 2.65.